The van der Waals surface area contributed by atoms with Crippen LogP contribution in [0.1, 0.15) is 65.0 Å². The molecule has 140 valence electrons. The third-order valence-electron chi connectivity index (χ3n) is 4.78. The number of halogens is 1. The SMILES string of the molecule is CC(NC1CCC(N(C)C(=O)OC(C)(C)C)CC1)c1ccccc1Br. The maximum Gasteiger partial charge on any atom is 0.410 e. The normalized spacial score (nSPS) is 22.3. The standard InChI is InChI=1S/C20H31BrN2O2/c1-14(17-8-6-7-9-18(17)21)22-15-10-12-16(13-11-15)23(5)19(24)25-20(2,3)4/h6-9,14-16,22H,10-13H2,1-5H3. The molecule has 25 heavy (non-hydrogen) atoms. The van der Waals surface area contributed by atoms with Crippen molar-refractivity contribution in [2.75, 3.05) is 7.05 Å². The van der Waals surface area contributed by atoms with Crippen LogP contribution in [0.15, 0.2) is 28.7 Å². The third kappa shape index (κ3) is 6.00. The van der Waals surface area contributed by atoms with Crippen molar-refractivity contribution >= 4 is 22.0 Å². The fourth-order valence-corrected chi connectivity index (χ4v) is 4.01. The Balaban J connectivity index is 1.83. The Bertz CT molecular complexity index is 577. The van der Waals surface area contributed by atoms with Gasteiger partial charge in [0.1, 0.15) is 5.60 Å². The van der Waals surface area contributed by atoms with Crippen LogP contribution < -0.4 is 5.32 Å². The summed E-state index contributed by atoms with van der Waals surface area (Å²) in [5, 5.41) is 3.74. The van der Waals surface area contributed by atoms with Crippen LogP contribution in [0.5, 0.6) is 0 Å². The van der Waals surface area contributed by atoms with Crippen molar-refractivity contribution in [2.45, 2.75) is 77.1 Å². The van der Waals surface area contributed by atoms with Crippen LogP contribution in [0.2, 0.25) is 0 Å². The minimum absolute atomic E-state index is 0.217. The molecule has 1 aliphatic rings. The highest BCUT2D eigenvalue weighted by molar-refractivity contribution is 9.10. The molecule has 5 heteroatoms. The zero-order valence-electron chi connectivity index (χ0n) is 16.0. The molecule has 0 aromatic heterocycles. The number of benzene rings is 1. The summed E-state index contributed by atoms with van der Waals surface area (Å²) in [5.41, 5.74) is 0.846. The molecule has 1 aromatic rings. The van der Waals surface area contributed by atoms with Crippen LogP contribution in [0.4, 0.5) is 4.79 Å². The molecule has 1 fully saturated rings. The molecule has 1 saturated carbocycles. The lowest BCUT2D eigenvalue weighted by Gasteiger charge is -2.36. The highest BCUT2D eigenvalue weighted by atomic mass is 79.9. The smallest absolute Gasteiger partial charge is 0.410 e. The lowest BCUT2D eigenvalue weighted by molar-refractivity contribution is 0.0178. The average molecular weight is 411 g/mol. The molecule has 1 unspecified atom stereocenters. The first kappa shape index (κ1) is 20.2. The summed E-state index contributed by atoms with van der Waals surface area (Å²) in [6.07, 6.45) is 3.95. The lowest BCUT2D eigenvalue weighted by atomic mass is 9.89. The van der Waals surface area contributed by atoms with Gasteiger partial charge in [-0.2, -0.15) is 0 Å². The zero-order valence-corrected chi connectivity index (χ0v) is 17.6. The van der Waals surface area contributed by atoms with E-state index in [1.807, 2.05) is 33.9 Å². The van der Waals surface area contributed by atoms with Gasteiger partial charge in [-0.05, 0) is 65.0 Å². The first-order valence-electron chi connectivity index (χ1n) is 9.13. The number of hydrogen-bond acceptors (Lipinski definition) is 3. The Labute approximate surface area is 160 Å². The van der Waals surface area contributed by atoms with Crippen LogP contribution in [0.3, 0.4) is 0 Å². The van der Waals surface area contributed by atoms with E-state index in [1.165, 1.54) is 5.56 Å². The number of ether oxygens (including phenoxy) is 1. The first-order chi connectivity index (χ1) is 11.7. The van der Waals surface area contributed by atoms with Gasteiger partial charge in [-0.1, -0.05) is 34.1 Å². The van der Waals surface area contributed by atoms with E-state index in [4.69, 9.17) is 4.74 Å². The summed E-state index contributed by atoms with van der Waals surface area (Å²) in [6, 6.07) is 9.42. The molecule has 1 N–H and O–H groups in total. The monoisotopic (exact) mass is 410 g/mol. The van der Waals surface area contributed by atoms with Gasteiger partial charge < -0.3 is 15.0 Å². The van der Waals surface area contributed by atoms with Gasteiger partial charge in [-0.3, -0.25) is 0 Å². The van der Waals surface area contributed by atoms with Gasteiger partial charge in [-0.15, -0.1) is 0 Å². The Morgan fingerprint density at radius 3 is 2.40 bits per heavy atom. The van der Waals surface area contributed by atoms with Gasteiger partial charge in [0, 0.05) is 29.6 Å². The second-order valence-electron chi connectivity index (χ2n) is 8.01. The molecule has 0 radical (unpaired) electrons. The van der Waals surface area contributed by atoms with Crippen molar-refractivity contribution in [3.05, 3.63) is 34.3 Å². The van der Waals surface area contributed by atoms with Crippen molar-refractivity contribution in [2.24, 2.45) is 0 Å². The van der Waals surface area contributed by atoms with E-state index in [0.29, 0.717) is 12.1 Å². The van der Waals surface area contributed by atoms with Gasteiger partial charge >= 0.3 is 6.09 Å². The number of hydrogen-bond donors (Lipinski definition) is 1. The van der Waals surface area contributed by atoms with Crippen molar-refractivity contribution in [1.29, 1.82) is 0 Å². The van der Waals surface area contributed by atoms with E-state index in [-0.39, 0.29) is 12.1 Å². The fraction of sp³-hybridized carbons (Fsp3) is 0.650. The van der Waals surface area contributed by atoms with Crippen LogP contribution in [0.25, 0.3) is 0 Å². The average Bonchev–Trinajstić information content (AvgIpc) is 2.53. The second kappa shape index (κ2) is 8.54. The van der Waals surface area contributed by atoms with Gasteiger partial charge in [0.2, 0.25) is 0 Å². The number of amides is 1. The number of carbonyl (C=O) groups is 1. The molecule has 1 atom stereocenters. The molecule has 4 nitrogen and oxygen atoms in total. The third-order valence-corrected chi connectivity index (χ3v) is 5.51. The molecule has 1 aliphatic carbocycles. The number of nitrogens with zero attached hydrogens (tertiary/aromatic N) is 1. The van der Waals surface area contributed by atoms with E-state index in [2.05, 4.69) is 46.4 Å². The molecular formula is C20H31BrN2O2. The first-order valence-corrected chi connectivity index (χ1v) is 9.93. The molecule has 0 bridgehead atoms. The van der Waals surface area contributed by atoms with Gasteiger partial charge in [-0.25, -0.2) is 4.79 Å². The van der Waals surface area contributed by atoms with E-state index >= 15 is 0 Å². The maximum absolute atomic E-state index is 12.2. The van der Waals surface area contributed by atoms with Crippen molar-refractivity contribution in [3.63, 3.8) is 0 Å². The summed E-state index contributed by atoms with van der Waals surface area (Å²) in [7, 11) is 1.86. The summed E-state index contributed by atoms with van der Waals surface area (Å²) in [5.74, 6) is 0. The quantitative estimate of drug-likeness (QED) is 0.733. The van der Waals surface area contributed by atoms with Crippen molar-refractivity contribution in [1.82, 2.24) is 10.2 Å². The fourth-order valence-electron chi connectivity index (χ4n) is 3.38. The lowest BCUT2D eigenvalue weighted by Crippen LogP contribution is -2.45. The van der Waals surface area contributed by atoms with Crippen molar-refractivity contribution < 1.29 is 9.53 Å². The molecule has 0 aliphatic heterocycles. The Morgan fingerprint density at radius 1 is 1.24 bits per heavy atom. The Kier molecular flexibility index (Phi) is 6.92. The minimum Gasteiger partial charge on any atom is -0.444 e. The van der Waals surface area contributed by atoms with Gasteiger partial charge in [0.05, 0.1) is 0 Å². The van der Waals surface area contributed by atoms with Crippen LogP contribution >= 0.6 is 15.9 Å². The van der Waals surface area contributed by atoms with E-state index in [0.717, 1.165) is 30.2 Å². The molecule has 1 aromatic carbocycles. The Hall–Kier alpha value is -1.07. The molecule has 1 amide bonds. The minimum atomic E-state index is -0.442. The number of rotatable bonds is 4. The van der Waals surface area contributed by atoms with Gasteiger partial charge in [0.25, 0.3) is 0 Å². The second-order valence-corrected chi connectivity index (χ2v) is 8.86. The highest BCUT2D eigenvalue weighted by Gasteiger charge is 2.29. The maximum atomic E-state index is 12.2. The van der Waals surface area contributed by atoms with Crippen LogP contribution in [0, 0.1) is 0 Å². The van der Waals surface area contributed by atoms with E-state index in [1.54, 1.807) is 4.90 Å². The predicted molar refractivity (Wildman–Crippen MR) is 106 cm³/mol. The summed E-state index contributed by atoms with van der Waals surface area (Å²) in [4.78, 5) is 14.0. The topological polar surface area (TPSA) is 41.6 Å². The predicted octanol–water partition coefficient (Wildman–Crippen LogP) is 5.28. The zero-order chi connectivity index (χ0) is 18.6. The number of nitrogens with one attached hydrogen (secondary N) is 1. The molecule has 0 saturated heterocycles. The summed E-state index contributed by atoms with van der Waals surface area (Å²) in [6.45, 7) is 7.92. The van der Waals surface area contributed by atoms with Crippen LogP contribution in [-0.2, 0) is 4.74 Å². The molecular weight excluding hydrogens is 380 g/mol. The van der Waals surface area contributed by atoms with Crippen LogP contribution in [-0.4, -0.2) is 35.7 Å². The largest absolute Gasteiger partial charge is 0.444 e. The summed E-state index contributed by atoms with van der Waals surface area (Å²) >= 11 is 3.63. The van der Waals surface area contributed by atoms with E-state index in [9.17, 15) is 4.79 Å². The van der Waals surface area contributed by atoms with Gasteiger partial charge in [0.15, 0.2) is 0 Å². The number of carbonyl (C=O) groups excluding carboxylic acids is 1. The molecule has 0 heterocycles. The Morgan fingerprint density at radius 2 is 1.84 bits per heavy atom. The van der Waals surface area contributed by atoms with E-state index < -0.39 is 5.60 Å². The highest BCUT2D eigenvalue weighted by Crippen LogP contribution is 2.28. The summed E-state index contributed by atoms with van der Waals surface area (Å²) < 4.78 is 6.63. The molecule has 0 spiro atoms. The molecule has 2 rings (SSSR count). The van der Waals surface area contributed by atoms with Crippen molar-refractivity contribution in [3.8, 4) is 0 Å².